The predicted molar refractivity (Wildman–Crippen MR) is 43.9 cm³/mol. The second-order valence-electron chi connectivity index (χ2n) is 2.12. The number of aliphatic hydroxyl groups is 1. The van der Waals surface area contributed by atoms with Gasteiger partial charge < -0.3 is 20.8 Å². The fraction of sp³-hybridized carbons (Fsp3) is 0.429. The van der Waals surface area contributed by atoms with Crippen LogP contribution in [0.25, 0.3) is 0 Å². The quantitative estimate of drug-likeness (QED) is 0.396. The maximum absolute atomic E-state index is 10.7. The summed E-state index contributed by atoms with van der Waals surface area (Å²) >= 11 is 0. The van der Waals surface area contributed by atoms with Crippen molar-refractivity contribution in [2.24, 2.45) is 0 Å². The van der Waals surface area contributed by atoms with Crippen molar-refractivity contribution in [1.29, 1.82) is 0 Å². The summed E-state index contributed by atoms with van der Waals surface area (Å²) in [7, 11) is 0. The molecule has 0 saturated carbocycles. The van der Waals surface area contributed by atoms with Gasteiger partial charge in [-0.2, -0.15) is 0 Å². The molecule has 4 N–H and O–H groups in total. The minimum atomic E-state index is -1.60. The fourth-order valence-electron chi connectivity index (χ4n) is 0.470. The minimum absolute atomic E-state index is 0.0506. The van der Waals surface area contributed by atoms with Crippen LogP contribution in [-0.4, -0.2) is 41.4 Å². The zero-order chi connectivity index (χ0) is 10.3. The molecule has 6 heteroatoms. The van der Waals surface area contributed by atoms with Crippen LogP contribution < -0.4 is 10.6 Å². The van der Waals surface area contributed by atoms with E-state index in [4.69, 9.17) is 16.6 Å². The molecule has 0 spiro atoms. The zero-order valence-corrected chi connectivity index (χ0v) is 6.78. The lowest BCUT2D eigenvalue weighted by molar-refractivity contribution is -0.146. The van der Waals surface area contributed by atoms with E-state index < -0.39 is 18.1 Å². The monoisotopic (exact) mass is 186 g/mol. The number of rotatable bonds is 4. The SMILES string of the molecule is C#CCNC(=O)NCC(O)C(=O)O. The van der Waals surface area contributed by atoms with Crippen molar-refractivity contribution in [1.82, 2.24) is 10.6 Å². The molecule has 0 saturated heterocycles. The molecule has 0 aromatic heterocycles. The number of hydrogen-bond donors (Lipinski definition) is 4. The van der Waals surface area contributed by atoms with Gasteiger partial charge in [0.25, 0.3) is 0 Å². The molecule has 2 amide bonds. The van der Waals surface area contributed by atoms with Gasteiger partial charge in [-0.15, -0.1) is 6.42 Å². The van der Waals surface area contributed by atoms with E-state index in [1.807, 2.05) is 0 Å². The summed E-state index contributed by atoms with van der Waals surface area (Å²) in [6.07, 6.45) is 3.24. The zero-order valence-electron chi connectivity index (χ0n) is 6.78. The van der Waals surface area contributed by atoms with Crippen LogP contribution in [0.1, 0.15) is 0 Å². The molecule has 0 rings (SSSR count). The van der Waals surface area contributed by atoms with Gasteiger partial charge in [0.1, 0.15) is 0 Å². The van der Waals surface area contributed by atoms with E-state index in [1.54, 1.807) is 0 Å². The molecule has 0 aliphatic carbocycles. The predicted octanol–water partition coefficient (Wildman–Crippen LogP) is -1.64. The Morgan fingerprint density at radius 2 is 2.08 bits per heavy atom. The van der Waals surface area contributed by atoms with E-state index in [0.29, 0.717) is 0 Å². The van der Waals surface area contributed by atoms with Crippen molar-refractivity contribution in [2.45, 2.75) is 6.10 Å². The Bertz CT molecular complexity index is 233. The molecule has 0 aliphatic heterocycles. The van der Waals surface area contributed by atoms with Crippen LogP contribution in [0.3, 0.4) is 0 Å². The van der Waals surface area contributed by atoms with Crippen molar-refractivity contribution in [3.05, 3.63) is 0 Å². The van der Waals surface area contributed by atoms with E-state index in [9.17, 15) is 9.59 Å². The van der Waals surface area contributed by atoms with E-state index >= 15 is 0 Å². The first-order valence-electron chi connectivity index (χ1n) is 3.44. The molecular formula is C7H10N2O4. The summed E-state index contributed by atoms with van der Waals surface area (Å²) in [5, 5.41) is 21.3. The maximum atomic E-state index is 10.7. The molecule has 1 unspecified atom stereocenters. The summed E-state index contributed by atoms with van der Waals surface area (Å²) in [5.74, 6) is 0.767. The lowest BCUT2D eigenvalue weighted by atomic mass is 10.4. The van der Waals surface area contributed by atoms with Crippen LogP contribution in [-0.2, 0) is 4.79 Å². The molecule has 0 radical (unpaired) electrons. The fourth-order valence-corrected chi connectivity index (χ4v) is 0.470. The molecule has 6 nitrogen and oxygen atoms in total. The number of urea groups is 1. The van der Waals surface area contributed by atoms with Crippen LogP contribution in [0.15, 0.2) is 0 Å². The molecule has 72 valence electrons. The van der Waals surface area contributed by atoms with Crippen LogP contribution in [0.4, 0.5) is 4.79 Å². The molecular weight excluding hydrogens is 176 g/mol. The lowest BCUT2D eigenvalue weighted by Crippen LogP contribution is -2.42. The molecule has 0 aromatic rings. The average Bonchev–Trinajstić information content (AvgIpc) is 2.10. The van der Waals surface area contributed by atoms with Crippen LogP contribution >= 0.6 is 0 Å². The maximum Gasteiger partial charge on any atom is 0.334 e. The van der Waals surface area contributed by atoms with E-state index in [1.165, 1.54) is 0 Å². The van der Waals surface area contributed by atoms with Crippen molar-refractivity contribution in [3.63, 3.8) is 0 Å². The molecule has 0 heterocycles. The number of aliphatic carboxylic acids is 1. The molecule has 0 aromatic carbocycles. The average molecular weight is 186 g/mol. The first-order chi connectivity index (χ1) is 6.07. The Hall–Kier alpha value is -1.74. The smallest absolute Gasteiger partial charge is 0.334 e. The molecule has 0 bridgehead atoms. The number of aliphatic hydroxyl groups excluding tert-OH is 1. The molecule has 1 atom stereocenters. The Balaban J connectivity index is 3.59. The van der Waals surface area contributed by atoms with Crippen molar-refractivity contribution in [3.8, 4) is 12.3 Å². The van der Waals surface area contributed by atoms with Gasteiger partial charge in [0, 0.05) is 0 Å². The summed E-state index contributed by atoms with van der Waals surface area (Å²) in [6.45, 7) is -0.305. The van der Waals surface area contributed by atoms with Crippen LogP contribution in [0, 0.1) is 12.3 Å². The van der Waals surface area contributed by atoms with E-state index in [0.717, 1.165) is 0 Å². The first-order valence-corrected chi connectivity index (χ1v) is 3.44. The molecule has 0 aliphatic rings. The highest BCUT2D eigenvalue weighted by Crippen LogP contribution is 1.79. The molecule has 13 heavy (non-hydrogen) atoms. The number of carboxylic acids is 1. The number of hydrogen-bond acceptors (Lipinski definition) is 3. The second-order valence-corrected chi connectivity index (χ2v) is 2.12. The van der Waals surface area contributed by atoms with E-state index in [-0.39, 0.29) is 13.1 Å². The third kappa shape index (κ3) is 5.52. The van der Waals surface area contributed by atoms with Gasteiger partial charge in [-0.25, -0.2) is 9.59 Å². The van der Waals surface area contributed by atoms with Gasteiger partial charge in [-0.3, -0.25) is 0 Å². The summed E-state index contributed by atoms with van der Waals surface area (Å²) in [6, 6.07) is -0.613. The summed E-state index contributed by atoms with van der Waals surface area (Å²) in [5.41, 5.74) is 0. The third-order valence-corrected chi connectivity index (χ3v) is 1.09. The summed E-state index contributed by atoms with van der Waals surface area (Å²) < 4.78 is 0. The van der Waals surface area contributed by atoms with Gasteiger partial charge >= 0.3 is 12.0 Å². The first kappa shape index (κ1) is 11.3. The highest BCUT2D eigenvalue weighted by Gasteiger charge is 2.13. The number of carbonyl (C=O) groups is 2. The number of carboxylic acid groups (broad SMARTS) is 1. The second kappa shape index (κ2) is 5.85. The Morgan fingerprint density at radius 1 is 1.46 bits per heavy atom. The largest absolute Gasteiger partial charge is 0.479 e. The van der Waals surface area contributed by atoms with Crippen molar-refractivity contribution >= 4 is 12.0 Å². The lowest BCUT2D eigenvalue weighted by Gasteiger charge is -2.07. The topological polar surface area (TPSA) is 98.7 Å². The van der Waals surface area contributed by atoms with Crippen molar-refractivity contribution in [2.75, 3.05) is 13.1 Å². The summed E-state index contributed by atoms with van der Waals surface area (Å²) in [4.78, 5) is 20.8. The number of nitrogens with one attached hydrogen (secondary N) is 2. The van der Waals surface area contributed by atoms with Crippen molar-refractivity contribution < 1.29 is 19.8 Å². The van der Waals surface area contributed by atoms with Gasteiger partial charge in [0.2, 0.25) is 0 Å². The number of amides is 2. The van der Waals surface area contributed by atoms with E-state index in [2.05, 4.69) is 16.6 Å². The Kier molecular flexibility index (Phi) is 5.07. The van der Waals surface area contributed by atoms with Crippen LogP contribution in [0.5, 0.6) is 0 Å². The minimum Gasteiger partial charge on any atom is -0.479 e. The van der Waals surface area contributed by atoms with Gasteiger partial charge in [-0.05, 0) is 0 Å². The highest BCUT2D eigenvalue weighted by atomic mass is 16.4. The third-order valence-electron chi connectivity index (χ3n) is 1.09. The molecule has 0 fully saturated rings. The standard InChI is InChI=1S/C7H10N2O4/c1-2-3-8-7(13)9-4-5(10)6(11)12/h1,5,10H,3-4H2,(H,11,12)(H2,8,9,13). The number of terminal acetylenes is 1. The van der Waals surface area contributed by atoms with Gasteiger partial charge in [-0.1, -0.05) is 5.92 Å². The van der Waals surface area contributed by atoms with Gasteiger partial charge in [0.05, 0.1) is 13.1 Å². The normalized spacial score (nSPS) is 11.1. The number of carbonyl (C=O) groups excluding carboxylic acids is 1. The van der Waals surface area contributed by atoms with Gasteiger partial charge in [0.15, 0.2) is 6.10 Å². The van der Waals surface area contributed by atoms with Crippen LogP contribution in [0.2, 0.25) is 0 Å². The highest BCUT2D eigenvalue weighted by molar-refractivity contribution is 5.76. The Morgan fingerprint density at radius 3 is 2.54 bits per heavy atom. The Labute approximate surface area is 74.9 Å².